The Hall–Kier alpha value is -2.11. The van der Waals surface area contributed by atoms with E-state index in [-0.39, 0.29) is 23.9 Å². The number of nitrogens with zero attached hydrogens (tertiary/aromatic N) is 2. The number of hydrogen-bond donors (Lipinski definition) is 2. The van der Waals surface area contributed by atoms with E-state index in [1.807, 2.05) is 20.8 Å². The van der Waals surface area contributed by atoms with E-state index in [2.05, 4.69) is 10.3 Å². The van der Waals surface area contributed by atoms with E-state index in [0.29, 0.717) is 18.1 Å². The summed E-state index contributed by atoms with van der Waals surface area (Å²) in [6.07, 6.45) is 0. The Kier molecular flexibility index (Phi) is 5.49. The van der Waals surface area contributed by atoms with Crippen molar-refractivity contribution in [2.75, 3.05) is 25.5 Å². The van der Waals surface area contributed by atoms with E-state index in [1.54, 1.807) is 18.0 Å². The van der Waals surface area contributed by atoms with Gasteiger partial charge in [-0.1, -0.05) is 13.8 Å². The van der Waals surface area contributed by atoms with E-state index in [9.17, 15) is 9.59 Å². The summed E-state index contributed by atoms with van der Waals surface area (Å²) in [5.41, 5.74) is 0.853. The second kappa shape index (κ2) is 6.88. The van der Waals surface area contributed by atoms with E-state index in [4.69, 9.17) is 5.11 Å². The van der Waals surface area contributed by atoms with Gasteiger partial charge in [0.1, 0.15) is 5.82 Å². The molecule has 2 N–H and O–H groups in total. The van der Waals surface area contributed by atoms with Crippen molar-refractivity contribution in [1.29, 1.82) is 0 Å². The van der Waals surface area contributed by atoms with Crippen LogP contribution in [0.15, 0.2) is 12.1 Å². The van der Waals surface area contributed by atoms with Crippen molar-refractivity contribution in [2.45, 2.75) is 26.7 Å². The molecule has 20 heavy (non-hydrogen) atoms. The average Bonchev–Trinajstić information content (AvgIpc) is 2.43. The highest BCUT2D eigenvalue weighted by Gasteiger charge is 2.12. The molecule has 0 aliphatic rings. The third-order valence-electron chi connectivity index (χ3n) is 3.00. The number of amides is 1. The zero-order chi connectivity index (χ0) is 15.3. The minimum absolute atomic E-state index is 0.0684. The van der Waals surface area contributed by atoms with Gasteiger partial charge in [-0.05, 0) is 25.0 Å². The van der Waals surface area contributed by atoms with Crippen molar-refractivity contribution in [3.8, 4) is 0 Å². The van der Waals surface area contributed by atoms with Gasteiger partial charge in [0.05, 0.1) is 12.1 Å². The van der Waals surface area contributed by atoms with Gasteiger partial charge in [-0.15, -0.1) is 0 Å². The summed E-state index contributed by atoms with van der Waals surface area (Å²) >= 11 is 0. The normalized spacial score (nSPS) is 10.4. The number of anilines is 1. The molecule has 0 fully saturated rings. The topological polar surface area (TPSA) is 82.5 Å². The number of carbonyl (C=O) groups is 2. The number of carboxylic acid groups (broad SMARTS) is 1. The SMILES string of the molecule is CCN(C)C(=O)CNc1cc(C(=O)O)cc(C(C)C)n1. The summed E-state index contributed by atoms with van der Waals surface area (Å²) in [6, 6.07) is 2.99. The summed E-state index contributed by atoms with van der Waals surface area (Å²) in [6.45, 7) is 6.48. The summed E-state index contributed by atoms with van der Waals surface area (Å²) in [4.78, 5) is 28.7. The van der Waals surface area contributed by atoms with E-state index >= 15 is 0 Å². The van der Waals surface area contributed by atoms with Crippen LogP contribution in [0.2, 0.25) is 0 Å². The lowest BCUT2D eigenvalue weighted by atomic mass is 10.1. The standard InChI is InChI=1S/C14H21N3O3/c1-5-17(4)13(18)8-15-12-7-10(14(19)20)6-11(16-12)9(2)3/h6-7,9H,5,8H2,1-4H3,(H,15,16)(H,19,20). The van der Waals surface area contributed by atoms with Gasteiger partial charge in [0.2, 0.25) is 5.91 Å². The maximum atomic E-state index is 11.7. The molecule has 1 rings (SSSR count). The molecular formula is C14H21N3O3. The molecular weight excluding hydrogens is 258 g/mol. The van der Waals surface area contributed by atoms with Gasteiger partial charge in [-0.2, -0.15) is 0 Å². The maximum absolute atomic E-state index is 11.7. The highest BCUT2D eigenvalue weighted by Crippen LogP contribution is 2.17. The molecule has 0 atom stereocenters. The zero-order valence-electron chi connectivity index (χ0n) is 12.3. The molecule has 0 aliphatic carbocycles. The van der Waals surface area contributed by atoms with Crippen LogP contribution in [0, 0.1) is 0 Å². The van der Waals surface area contributed by atoms with Crippen molar-refractivity contribution in [1.82, 2.24) is 9.88 Å². The van der Waals surface area contributed by atoms with Crippen LogP contribution < -0.4 is 5.32 Å². The molecule has 0 unspecified atom stereocenters. The summed E-state index contributed by atoms with van der Waals surface area (Å²) < 4.78 is 0. The lowest BCUT2D eigenvalue weighted by Gasteiger charge is -2.16. The third kappa shape index (κ3) is 4.22. The first-order valence-electron chi connectivity index (χ1n) is 6.58. The Labute approximate surface area is 118 Å². The predicted octanol–water partition coefficient (Wildman–Crippen LogP) is 1.79. The van der Waals surface area contributed by atoms with Crippen LogP contribution in [0.1, 0.15) is 42.7 Å². The number of aromatic carboxylic acids is 1. The molecule has 0 aromatic carbocycles. The van der Waals surface area contributed by atoms with E-state index in [1.165, 1.54) is 6.07 Å². The fourth-order valence-electron chi connectivity index (χ4n) is 1.54. The molecule has 1 aromatic heterocycles. The van der Waals surface area contributed by atoms with Gasteiger partial charge in [-0.3, -0.25) is 4.79 Å². The maximum Gasteiger partial charge on any atom is 0.335 e. The van der Waals surface area contributed by atoms with Gasteiger partial charge >= 0.3 is 5.97 Å². The van der Waals surface area contributed by atoms with Gasteiger partial charge in [0.25, 0.3) is 0 Å². The Morgan fingerprint density at radius 2 is 2.05 bits per heavy atom. The first-order chi connectivity index (χ1) is 9.35. The van der Waals surface area contributed by atoms with Crippen molar-refractivity contribution < 1.29 is 14.7 Å². The number of aromatic nitrogens is 1. The first-order valence-corrected chi connectivity index (χ1v) is 6.58. The number of pyridine rings is 1. The van der Waals surface area contributed by atoms with Crippen LogP contribution in [0.4, 0.5) is 5.82 Å². The van der Waals surface area contributed by atoms with Crippen LogP contribution >= 0.6 is 0 Å². The quantitative estimate of drug-likeness (QED) is 0.829. The minimum atomic E-state index is -1.01. The van der Waals surface area contributed by atoms with Gasteiger partial charge < -0.3 is 15.3 Å². The lowest BCUT2D eigenvalue weighted by molar-refractivity contribution is -0.127. The Bertz CT molecular complexity index is 500. The molecule has 0 spiro atoms. The van der Waals surface area contributed by atoms with Crippen LogP contribution in [0.3, 0.4) is 0 Å². The number of carbonyl (C=O) groups excluding carboxylic acids is 1. The highest BCUT2D eigenvalue weighted by atomic mass is 16.4. The molecule has 1 heterocycles. The Balaban J connectivity index is 2.89. The average molecular weight is 279 g/mol. The largest absolute Gasteiger partial charge is 0.478 e. The molecule has 0 aliphatic heterocycles. The molecule has 6 nitrogen and oxygen atoms in total. The van der Waals surface area contributed by atoms with Crippen molar-refractivity contribution in [3.63, 3.8) is 0 Å². The molecule has 6 heteroatoms. The second-order valence-electron chi connectivity index (χ2n) is 4.89. The van der Waals surface area contributed by atoms with Crippen LogP contribution in [0.5, 0.6) is 0 Å². The van der Waals surface area contributed by atoms with Gasteiger partial charge in [0.15, 0.2) is 0 Å². The predicted molar refractivity (Wildman–Crippen MR) is 77.1 cm³/mol. The number of carboxylic acids is 1. The van der Waals surface area contributed by atoms with Gasteiger partial charge in [-0.25, -0.2) is 9.78 Å². The Morgan fingerprint density at radius 3 is 2.55 bits per heavy atom. The number of likely N-dealkylation sites (N-methyl/N-ethyl adjacent to an activating group) is 1. The van der Waals surface area contributed by atoms with Crippen molar-refractivity contribution >= 4 is 17.7 Å². The number of hydrogen-bond acceptors (Lipinski definition) is 4. The third-order valence-corrected chi connectivity index (χ3v) is 3.00. The van der Waals surface area contributed by atoms with Crippen LogP contribution in [0.25, 0.3) is 0 Å². The molecule has 0 bridgehead atoms. The molecule has 1 aromatic rings. The fraction of sp³-hybridized carbons (Fsp3) is 0.500. The van der Waals surface area contributed by atoms with Crippen molar-refractivity contribution in [3.05, 3.63) is 23.4 Å². The molecule has 0 radical (unpaired) electrons. The van der Waals surface area contributed by atoms with Crippen molar-refractivity contribution in [2.24, 2.45) is 0 Å². The monoisotopic (exact) mass is 279 g/mol. The summed E-state index contributed by atoms with van der Waals surface area (Å²) in [5.74, 6) is -0.550. The second-order valence-corrected chi connectivity index (χ2v) is 4.89. The summed E-state index contributed by atoms with van der Waals surface area (Å²) in [7, 11) is 1.71. The highest BCUT2D eigenvalue weighted by molar-refractivity contribution is 5.89. The molecule has 110 valence electrons. The lowest BCUT2D eigenvalue weighted by Crippen LogP contribution is -2.32. The summed E-state index contributed by atoms with van der Waals surface area (Å²) in [5, 5.41) is 12.0. The van der Waals surface area contributed by atoms with Gasteiger partial charge in [0, 0.05) is 19.3 Å². The minimum Gasteiger partial charge on any atom is -0.478 e. The van der Waals surface area contributed by atoms with E-state index in [0.717, 1.165) is 0 Å². The molecule has 1 amide bonds. The smallest absolute Gasteiger partial charge is 0.335 e. The van der Waals surface area contributed by atoms with Crippen LogP contribution in [-0.2, 0) is 4.79 Å². The molecule has 0 saturated heterocycles. The molecule has 0 saturated carbocycles. The van der Waals surface area contributed by atoms with Crippen LogP contribution in [-0.4, -0.2) is 47.0 Å². The fourth-order valence-corrected chi connectivity index (χ4v) is 1.54. The first kappa shape index (κ1) is 15.9. The number of rotatable bonds is 6. The van der Waals surface area contributed by atoms with E-state index < -0.39 is 5.97 Å². The zero-order valence-corrected chi connectivity index (χ0v) is 12.3. The Morgan fingerprint density at radius 1 is 1.40 bits per heavy atom. The number of nitrogens with one attached hydrogen (secondary N) is 1.